The highest BCUT2D eigenvalue weighted by Gasteiger charge is 2.41. The van der Waals surface area contributed by atoms with Gasteiger partial charge < -0.3 is 15.0 Å². The predicted octanol–water partition coefficient (Wildman–Crippen LogP) is 4.94. The molecule has 0 saturated heterocycles. The van der Waals surface area contributed by atoms with E-state index in [9.17, 15) is 22.8 Å². The molecule has 0 spiro atoms. The lowest BCUT2D eigenvalue weighted by Gasteiger charge is -2.36. The van der Waals surface area contributed by atoms with Crippen molar-refractivity contribution in [2.45, 2.75) is 39.0 Å². The number of amides is 1. The first-order chi connectivity index (χ1) is 17.2. The van der Waals surface area contributed by atoms with Gasteiger partial charge in [-0.05, 0) is 48.6 Å². The Morgan fingerprint density at radius 2 is 1.94 bits per heavy atom. The number of aliphatic imine (C=N–C) groups is 1. The Kier molecular flexibility index (Phi) is 7.48. The van der Waals surface area contributed by atoms with Crippen LogP contribution in [0.2, 0.25) is 0 Å². The zero-order valence-electron chi connectivity index (χ0n) is 19.5. The van der Waals surface area contributed by atoms with Crippen LogP contribution in [0.4, 0.5) is 13.2 Å². The van der Waals surface area contributed by atoms with Gasteiger partial charge >= 0.3 is 12.1 Å². The van der Waals surface area contributed by atoms with Crippen molar-refractivity contribution in [2.24, 2.45) is 4.99 Å². The van der Waals surface area contributed by atoms with Gasteiger partial charge in [0.05, 0.1) is 35.9 Å². The topological polar surface area (TPSA) is 83.9 Å². The number of aromatic nitrogens is 1. The molecule has 0 radical (unpaired) electrons. The number of amidine groups is 1. The van der Waals surface area contributed by atoms with Crippen molar-refractivity contribution in [3.05, 3.63) is 87.9 Å². The van der Waals surface area contributed by atoms with Gasteiger partial charge in [-0.25, -0.2) is 9.79 Å². The number of rotatable bonds is 7. The summed E-state index contributed by atoms with van der Waals surface area (Å²) in [7, 11) is 0. The molecule has 0 bridgehead atoms. The van der Waals surface area contributed by atoms with Gasteiger partial charge in [0.1, 0.15) is 0 Å². The number of halogens is 3. The third-order valence-electron chi connectivity index (χ3n) is 5.60. The van der Waals surface area contributed by atoms with Crippen LogP contribution in [-0.2, 0) is 27.0 Å². The van der Waals surface area contributed by atoms with Gasteiger partial charge in [-0.1, -0.05) is 30.0 Å². The highest BCUT2D eigenvalue weighted by Crippen LogP contribution is 2.45. The Morgan fingerprint density at radius 3 is 2.58 bits per heavy atom. The molecular formula is C25H23F3N4O3S. The second-order valence-electron chi connectivity index (χ2n) is 8.05. The molecule has 1 amide bonds. The summed E-state index contributed by atoms with van der Waals surface area (Å²) < 4.78 is 44.8. The van der Waals surface area contributed by atoms with Crippen LogP contribution in [0.15, 0.2) is 76.2 Å². The maximum Gasteiger partial charge on any atom is 0.416 e. The van der Waals surface area contributed by atoms with E-state index in [-0.39, 0.29) is 24.5 Å². The first kappa shape index (κ1) is 25.5. The second-order valence-corrected chi connectivity index (χ2v) is 8.88. The number of benzene rings is 1. The van der Waals surface area contributed by atoms with E-state index >= 15 is 0 Å². The summed E-state index contributed by atoms with van der Waals surface area (Å²) >= 11 is 1.29. The minimum atomic E-state index is -4.49. The van der Waals surface area contributed by atoms with Crippen molar-refractivity contribution in [1.82, 2.24) is 15.2 Å². The molecule has 1 atom stereocenters. The molecule has 2 aromatic rings. The van der Waals surface area contributed by atoms with E-state index in [0.29, 0.717) is 28.7 Å². The summed E-state index contributed by atoms with van der Waals surface area (Å²) in [6.45, 7) is 3.75. The van der Waals surface area contributed by atoms with Crippen molar-refractivity contribution in [1.29, 1.82) is 0 Å². The van der Waals surface area contributed by atoms with E-state index in [4.69, 9.17) is 4.74 Å². The molecule has 0 fully saturated rings. The number of thioether (sulfide) groups is 1. The lowest BCUT2D eigenvalue weighted by atomic mass is 9.93. The Morgan fingerprint density at radius 1 is 1.19 bits per heavy atom. The molecule has 2 aliphatic rings. The van der Waals surface area contributed by atoms with Crippen LogP contribution in [0.25, 0.3) is 0 Å². The minimum Gasteiger partial charge on any atom is -0.463 e. The van der Waals surface area contributed by atoms with Crippen molar-refractivity contribution < 1.29 is 27.5 Å². The molecule has 7 nitrogen and oxygen atoms in total. The molecule has 11 heteroatoms. The first-order valence-corrected chi connectivity index (χ1v) is 12.0. The average Bonchev–Trinajstić information content (AvgIpc) is 3.24. The second kappa shape index (κ2) is 10.6. The molecule has 3 heterocycles. The third-order valence-corrected chi connectivity index (χ3v) is 6.49. The largest absolute Gasteiger partial charge is 0.463 e. The molecule has 36 heavy (non-hydrogen) atoms. The molecule has 0 unspecified atom stereocenters. The monoisotopic (exact) mass is 516 g/mol. The average molecular weight is 517 g/mol. The van der Waals surface area contributed by atoms with E-state index in [1.807, 2.05) is 6.07 Å². The molecule has 1 aromatic carbocycles. The van der Waals surface area contributed by atoms with Crippen LogP contribution in [0, 0.1) is 0 Å². The number of ether oxygens (including phenoxy) is 1. The van der Waals surface area contributed by atoms with Gasteiger partial charge in [-0.15, -0.1) is 0 Å². The minimum absolute atomic E-state index is 0.0153. The number of nitrogens with one attached hydrogen (secondary N) is 1. The van der Waals surface area contributed by atoms with Crippen LogP contribution in [0.5, 0.6) is 0 Å². The highest BCUT2D eigenvalue weighted by molar-refractivity contribution is 8.16. The third kappa shape index (κ3) is 5.46. The maximum absolute atomic E-state index is 13.2. The summed E-state index contributed by atoms with van der Waals surface area (Å²) in [5.41, 5.74) is 1.68. The lowest BCUT2D eigenvalue weighted by Crippen LogP contribution is -2.38. The summed E-state index contributed by atoms with van der Waals surface area (Å²) in [4.78, 5) is 35.9. The van der Waals surface area contributed by atoms with Gasteiger partial charge in [0.15, 0.2) is 5.17 Å². The molecule has 0 aliphatic carbocycles. The van der Waals surface area contributed by atoms with E-state index in [1.165, 1.54) is 23.9 Å². The van der Waals surface area contributed by atoms with E-state index in [0.717, 1.165) is 17.7 Å². The van der Waals surface area contributed by atoms with Gasteiger partial charge in [0, 0.05) is 24.6 Å². The number of fused-ring (bicyclic) bond motifs is 1. The standard InChI is InChI=1S/C25H23F3N4O3S/c1-3-35-23(34)21-15(2)31-24-32(22(21)17-6-8-18(9-7-17)25(26,27)28)19(14-36-24)11-20(33)30-13-16-5-4-10-29-12-16/h4-10,12,14,22H,3,11,13H2,1-2H3,(H,30,33)/t22-/m1/s1. The first-order valence-electron chi connectivity index (χ1n) is 11.1. The lowest BCUT2D eigenvalue weighted by molar-refractivity contribution is -0.139. The number of carbonyl (C=O) groups excluding carboxylic acids is 2. The number of allylic oxidation sites excluding steroid dienone is 1. The van der Waals surface area contributed by atoms with Crippen LogP contribution in [-0.4, -0.2) is 33.5 Å². The molecule has 4 rings (SSSR count). The number of hydrogen-bond donors (Lipinski definition) is 1. The van der Waals surface area contributed by atoms with Gasteiger partial charge in [0.2, 0.25) is 5.91 Å². The fraction of sp³-hybridized carbons (Fsp3) is 0.280. The number of alkyl halides is 3. The Bertz CT molecular complexity index is 1240. The van der Waals surface area contributed by atoms with E-state index in [2.05, 4.69) is 15.3 Å². The van der Waals surface area contributed by atoms with Gasteiger partial charge in [-0.3, -0.25) is 9.78 Å². The normalized spacial score (nSPS) is 17.4. The van der Waals surface area contributed by atoms with Crippen LogP contribution in [0.1, 0.15) is 43.0 Å². The van der Waals surface area contributed by atoms with Gasteiger partial charge in [0.25, 0.3) is 0 Å². The molecule has 1 aromatic heterocycles. The fourth-order valence-electron chi connectivity index (χ4n) is 3.94. The van der Waals surface area contributed by atoms with Crippen LogP contribution < -0.4 is 5.32 Å². The summed E-state index contributed by atoms with van der Waals surface area (Å²) in [5, 5.41) is 5.13. The summed E-state index contributed by atoms with van der Waals surface area (Å²) in [5.74, 6) is -0.873. The van der Waals surface area contributed by atoms with Gasteiger partial charge in [-0.2, -0.15) is 13.2 Å². The maximum atomic E-state index is 13.2. The quantitative estimate of drug-likeness (QED) is 0.525. The predicted molar refractivity (Wildman–Crippen MR) is 129 cm³/mol. The van der Waals surface area contributed by atoms with Crippen molar-refractivity contribution in [3.8, 4) is 0 Å². The van der Waals surface area contributed by atoms with Crippen molar-refractivity contribution >= 4 is 28.8 Å². The molecule has 0 saturated carbocycles. The Labute approximate surface area is 210 Å². The molecule has 1 N–H and O–H groups in total. The van der Waals surface area contributed by atoms with Crippen molar-refractivity contribution in [2.75, 3.05) is 6.61 Å². The van der Waals surface area contributed by atoms with Crippen molar-refractivity contribution in [3.63, 3.8) is 0 Å². The SMILES string of the molecule is CCOC(=O)C1=C(C)N=C2SC=C(CC(=O)NCc3cccnc3)N2[C@@H]1c1ccc(C(F)(F)F)cc1. The highest BCUT2D eigenvalue weighted by atomic mass is 32.2. The molecule has 2 aliphatic heterocycles. The van der Waals surface area contributed by atoms with Crippen LogP contribution >= 0.6 is 11.8 Å². The Balaban J connectivity index is 1.63. The smallest absolute Gasteiger partial charge is 0.416 e. The number of nitrogens with zero attached hydrogens (tertiary/aromatic N) is 3. The number of esters is 1. The summed E-state index contributed by atoms with van der Waals surface area (Å²) in [6, 6.07) is 7.45. The number of carbonyl (C=O) groups is 2. The van der Waals surface area contributed by atoms with E-state index in [1.54, 1.807) is 42.6 Å². The molecular weight excluding hydrogens is 493 g/mol. The number of hydrogen-bond acceptors (Lipinski definition) is 7. The summed E-state index contributed by atoms with van der Waals surface area (Å²) in [6.07, 6.45) is -1.21. The zero-order chi connectivity index (χ0) is 25.9. The number of pyridine rings is 1. The fourth-order valence-corrected chi connectivity index (χ4v) is 4.90. The molecule has 188 valence electrons. The van der Waals surface area contributed by atoms with Crippen LogP contribution in [0.3, 0.4) is 0 Å². The Hall–Kier alpha value is -3.60. The zero-order valence-corrected chi connectivity index (χ0v) is 20.3. The van der Waals surface area contributed by atoms with E-state index < -0.39 is 23.8 Å².